The second kappa shape index (κ2) is 6.78. The van der Waals surface area contributed by atoms with E-state index in [-0.39, 0.29) is 36.8 Å². The maximum atomic E-state index is 12.2. The molecular weight excluding hydrogens is 308 g/mol. The molecule has 1 aliphatic rings. The smallest absolute Gasteiger partial charge is 0.287 e. The molecule has 1 aliphatic heterocycles. The van der Waals surface area contributed by atoms with E-state index in [4.69, 9.17) is 9.15 Å². The highest BCUT2D eigenvalue weighted by Gasteiger charge is 2.26. The molecule has 1 aromatic carbocycles. The number of carbonyl (C=O) groups excluding carboxylic acids is 2. The Morgan fingerprint density at radius 1 is 1.29 bits per heavy atom. The topological polar surface area (TPSA) is 71.8 Å². The Hall–Kier alpha value is -2.76. The third kappa shape index (κ3) is 3.27. The number of nitrogens with one attached hydrogen (secondary N) is 1. The van der Waals surface area contributed by atoms with Crippen molar-refractivity contribution in [2.75, 3.05) is 11.5 Å². The fourth-order valence-corrected chi connectivity index (χ4v) is 2.47. The molecule has 0 aliphatic carbocycles. The molecule has 0 radical (unpaired) electrons. The van der Waals surface area contributed by atoms with E-state index in [2.05, 4.69) is 5.32 Å². The van der Waals surface area contributed by atoms with E-state index in [0.29, 0.717) is 17.2 Å². The van der Waals surface area contributed by atoms with Crippen LogP contribution in [-0.4, -0.2) is 24.5 Å². The summed E-state index contributed by atoms with van der Waals surface area (Å²) >= 11 is 0. The Kier molecular flexibility index (Phi) is 4.55. The van der Waals surface area contributed by atoms with Gasteiger partial charge in [0.2, 0.25) is 0 Å². The summed E-state index contributed by atoms with van der Waals surface area (Å²) in [6.07, 6.45) is 0.846. The first kappa shape index (κ1) is 16.1. The maximum Gasteiger partial charge on any atom is 0.287 e. The number of furan rings is 1. The lowest BCUT2D eigenvalue weighted by Crippen LogP contribution is -2.38. The molecule has 2 amide bonds. The monoisotopic (exact) mass is 328 g/mol. The fourth-order valence-electron chi connectivity index (χ4n) is 2.47. The van der Waals surface area contributed by atoms with Gasteiger partial charge in [0, 0.05) is 6.04 Å². The number of amides is 2. The minimum Gasteiger partial charge on any atom is -0.482 e. The molecule has 6 nitrogen and oxygen atoms in total. The van der Waals surface area contributed by atoms with Crippen LogP contribution in [0, 0.1) is 0 Å². The first-order chi connectivity index (χ1) is 11.6. The Bertz CT molecular complexity index is 753. The SMILES string of the molecule is CC[C@H](C)NC(=O)c1ccc(CN2C(=O)COc3ccccc32)o1. The van der Waals surface area contributed by atoms with Crippen molar-refractivity contribution in [1.29, 1.82) is 0 Å². The molecule has 1 N–H and O–H groups in total. The van der Waals surface area contributed by atoms with Gasteiger partial charge in [-0.05, 0) is 37.6 Å². The lowest BCUT2D eigenvalue weighted by Gasteiger charge is -2.28. The van der Waals surface area contributed by atoms with Crippen LogP contribution in [0.1, 0.15) is 36.6 Å². The van der Waals surface area contributed by atoms with Crippen molar-refractivity contribution in [3.63, 3.8) is 0 Å². The number of ether oxygens (including phenoxy) is 1. The van der Waals surface area contributed by atoms with Gasteiger partial charge < -0.3 is 14.5 Å². The van der Waals surface area contributed by atoms with Crippen LogP contribution in [0.4, 0.5) is 5.69 Å². The quantitative estimate of drug-likeness (QED) is 0.916. The first-order valence-corrected chi connectivity index (χ1v) is 8.00. The average Bonchev–Trinajstić information content (AvgIpc) is 3.06. The van der Waals surface area contributed by atoms with Crippen LogP contribution >= 0.6 is 0 Å². The molecule has 24 heavy (non-hydrogen) atoms. The van der Waals surface area contributed by atoms with Gasteiger partial charge in [-0.3, -0.25) is 14.5 Å². The van der Waals surface area contributed by atoms with Crippen LogP contribution in [0.3, 0.4) is 0 Å². The van der Waals surface area contributed by atoms with Crippen molar-refractivity contribution < 1.29 is 18.7 Å². The van der Waals surface area contributed by atoms with Gasteiger partial charge in [-0.1, -0.05) is 19.1 Å². The standard InChI is InChI=1S/C18H20N2O4/c1-3-12(2)19-18(22)16-9-8-13(24-16)10-20-14-6-4-5-7-15(14)23-11-17(20)21/h4-9,12H,3,10-11H2,1-2H3,(H,19,22)/t12-/m0/s1. The van der Waals surface area contributed by atoms with E-state index >= 15 is 0 Å². The lowest BCUT2D eigenvalue weighted by molar-refractivity contribution is -0.121. The van der Waals surface area contributed by atoms with Crippen molar-refractivity contribution in [2.45, 2.75) is 32.9 Å². The van der Waals surface area contributed by atoms with E-state index in [1.54, 1.807) is 17.0 Å². The third-order valence-electron chi connectivity index (χ3n) is 4.00. The van der Waals surface area contributed by atoms with Gasteiger partial charge in [-0.25, -0.2) is 0 Å². The predicted molar refractivity (Wildman–Crippen MR) is 89.1 cm³/mol. The van der Waals surface area contributed by atoms with Crippen LogP contribution in [0.25, 0.3) is 0 Å². The van der Waals surface area contributed by atoms with Gasteiger partial charge in [0.1, 0.15) is 11.5 Å². The Morgan fingerprint density at radius 2 is 2.08 bits per heavy atom. The van der Waals surface area contributed by atoms with Crippen LogP contribution in [0.2, 0.25) is 0 Å². The molecule has 0 bridgehead atoms. The van der Waals surface area contributed by atoms with Gasteiger partial charge in [0.05, 0.1) is 12.2 Å². The summed E-state index contributed by atoms with van der Waals surface area (Å²) in [5.74, 6) is 1.08. The molecule has 1 aromatic heterocycles. The maximum absolute atomic E-state index is 12.2. The summed E-state index contributed by atoms with van der Waals surface area (Å²) in [5, 5.41) is 2.85. The number of para-hydroxylation sites is 2. The molecule has 6 heteroatoms. The van der Waals surface area contributed by atoms with Gasteiger partial charge in [0.15, 0.2) is 12.4 Å². The van der Waals surface area contributed by atoms with E-state index in [9.17, 15) is 9.59 Å². The van der Waals surface area contributed by atoms with Gasteiger partial charge >= 0.3 is 0 Å². The number of fused-ring (bicyclic) bond motifs is 1. The molecule has 3 rings (SSSR count). The number of nitrogens with zero attached hydrogens (tertiary/aromatic N) is 1. The number of carbonyl (C=O) groups is 2. The zero-order valence-corrected chi connectivity index (χ0v) is 13.7. The predicted octanol–water partition coefficient (Wildman–Crippen LogP) is 2.73. The number of rotatable bonds is 5. The fraction of sp³-hybridized carbons (Fsp3) is 0.333. The Labute approximate surface area is 140 Å². The normalized spacial score (nSPS) is 14.8. The van der Waals surface area contributed by atoms with Crippen molar-refractivity contribution in [1.82, 2.24) is 5.32 Å². The molecule has 0 unspecified atom stereocenters. The molecule has 0 saturated carbocycles. The van der Waals surface area contributed by atoms with Crippen LogP contribution in [0.5, 0.6) is 5.75 Å². The first-order valence-electron chi connectivity index (χ1n) is 8.00. The van der Waals surface area contributed by atoms with Crippen LogP contribution in [-0.2, 0) is 11.3 Å². The molecular formula is C18H20N2O4. The van der Waals surface area contributed by atoms with E-state index < -0.39 is 0 Å². The van der Waals surface area contributed by atoms with Crippen molar-refractivity contribution in [3.05, 3.63) is 47.9 Å². The second-order valence-electron chi connectivity index (χ2n) is 5.79. The molecule has 126 valence electrons. The summed E-state index contributed by atoms with van der Waals surface area (Å²) < 4.78 is 11.0. The molecule has 2 heterocycles. The minimum atomic E-state index is -0.246. The molecule has 0 fully saturated rings. The van der Waals surface area contributed by atoms with Crippen molar-refractivity contribution in [3.8, 4) is 5.75 Å². The largest absolute Gasteiger partial charge is 0.482 e. The third-order valence-corrected chi connectivity index (χ3v) is 4.00. The lowest BCUT2D eigenvalue weighted by atomic mass is 10.2. The minimum absolute atomic E-state index is 0.000913. The van der Waals surface area contributed by atoms with Gasteiger partial charge in [0.25, 0.3) is 11.8 Å². The summed E-state index contributed by atoms with van der Waals surface area (Å²) in [7, 11) is 0. The average molecular weight is 328 g/mol. The number of hydrogen-bond donors (Lipinski definition) is 1. The number of hydrogen-bond acceptors (Lipinski definition) is 4. The summed E-state index contributed by atoms with van der Waals surface area (Å²) in [5.41, 5.74) is 0.704. The molecule has 2 aromatic rings. The van der Waals surface area contributed by atoms with Crippen molar-refractivity contribution in [2.24, 2.45) is 0 Å². The van der Waals surface area contributed by atoms with E-state index in [1.165, 1.54) is 0 Å². The zero-order valence-electron chi connectivity index (χ0n) is 13.7. The molecule has 1 atom stereocenters. The highest BCUT2D eigenvalue weighted by Crippen LogP contribution is 2.32. The zero-order chi connectivity index (χ0) is 17.1. The Morgan fingerprint density at radius 3 is 2.88 bits per heavy atom. The van der Waals surface area contributed by atoms with Crippen LogP contribution < -0.4 is 15.0 Å². The van der Waals surface area contributed by atoms with Crippen molar-refractivity contribution >= 4 is 17.5 Å². The summed E-state index contributed by atoms with van der Waals surface area (Å²) in [6, 6.07) is 10.8. The summed E-state index contributed by atoms with van der Waals surface area (Å²) in [6.45, 7) is 4.19. The Balaban J connectivity index is 1.75. The van der Waals surface area contributed by atoms with E-state index in [1.807, 2.05) is 38.1 Å². The van der Waals surface area contributed by atoms with Gasteiger partial charge in [-0.2, -0.15) is 0 Å². The highest BCUT2D eigenvalue weighted by atomic mass is 16.5. The van der Waals surface area contributed by atoms with Gasteiger partial charge in [-0.15, -0.1) is 0 Å². The number of benzene rings is 1. The molecule has 0 saturated heterocycles. The van der Waals surface area contributed by atoms with E-state index in [0.717, 1.165) is 6.42 Å². The summed E-state index contributed by atoms with van der Waals surface area (Å²) in [4.78, 5) is 25.8. The second-order valence-corrected chi connectivity index (χ2v) is 5.79. The van der Waals surface area contributed by atoms with Crippen LogP contribution in [0.15, 0.2) is 40.8 Å². The highest BCUT2D eigenvalue weighted by molar-refractivity contribution is 5.97. The molecule has 0 spiro atoms. The number of anilines is 1.